The van der Waals surface area contributed by atoms with E-state index >= 15 is 0 Å². The van der Waals surface area contributed by atoms with Crippen molar-refractivity contribution in [3.8, 4) is 0 Å². The molecule has 2 rings (SSSR count). The van der Waals surface area contributed by atoms with Crippen molar-refractivity contribution < 1.29 is 5.11 Å². The highest BCUT2D eigenvalue weighted by Crippen LogP contribution is 2.32. The Balaban J connectivity index is 2.27. The molecule has 1 aliphatic carbocycles. The number of nitrogens with one attached hydrogen (secondary N) is 1. The van der Waals surface area contributed by atoms with Crippen molar-refractivity contribution in [3.05, 3.63) is 34.9 Å². The first-order valence-corrected chi connectivity index (χ1v) is 5.78. The van der Waals surface area contributed by atoms with E-state index in [-0.39, 0.29) is 0 Å². The van der Waals surface area contributed by atoms with Gasteiger partial charge in [-0.05, 0) is 25.3 Å². The first-order valence-electron chi connectivity index (χ1n) is 5.41. The van der Waals surface area contributed by atoms with Crippen LogP contribution in [0.2, 0.25) is 5.02 Å². The van der Waals surface area contributed by atoms with Gasteiger partial charge in [-0.15, -0.1) is 0 Å². The van der Waals surface area contributed by atoms with Gasteiger partial charge in [0, 0.05) is 16.6 Å². The molecule has 0 bridgehead atoms. The molecule has 0 amide bonds. The summed E-state index contributed by atoms with van der Waals surface area (Å²) in [6.45, 7) is 1.96. The van der Waals surface area contributed by atoms with Crippen LogP contribution in [0.15, 0.2) is 24.3 Å². The Morgan fingerprint density at radius 2 is 2.13 bits per heavy atom. The Labute approximate surface area is 95.3 Å². The van der Waals surface area contributed by atoms with Crippen LogP contribution >= 0.6 is 11.6 Å². The van der Waals surface area contributed by atoms with Gasteiger partial charge in [0.1, 0.15) is 5.72 Å². The fourth-order valence-corrected chi connectivity index (χ4v) is 2.02. The van der Waals surface area contributed by atoms with Gasteiger partial charge in [0.2, 0.25) is 0 Å². The van der Waals surface area contributed by atoms with E-state index in [0.717, 1.165) is 18.4 Å². The lowest BCUT2D eigenvalue weighted by molar-refractivity contribution is -0.00558. The molecule has 0 unspecified atom stereocenters. The van der Waals surface area contributed by atoms with Gasteiger partial charge in [-0.2, -0.15) is 0 Å². The Kier molecular flexibility index (Phi) is 3.01. The van der Waals surface area contributed by atoms with E-state index in [2.05, 4.69) is 5.32 Å². The second-order valence-electron chi connectivity index (χ2n) is 4.11. The van der Waals surface area contributed by atoms with Crippen LogP contribution in [0.5, 0.6) is 0 Å². The second kappa shape index (κ2) is 4.12. The van der Waals surface area contributed by atoms with E-state index in [1.165, 1.54) is 0 Å². The monoisotopic (exact) mass is 225 g/mol. The number of rotatable bonds is 4. The zero-order valence-corrected chi connectivity index (χ0v) is 9.59. The molecular weight excluding hydrogens is 210 g/mol. The van der Waals surface area contributed by atoms with Crippen LogP contribution in [0.3, 0.4) is 0 Å². The van der Waals surface area contributed by atoms with Gasteiger partial charge in [-0.3, -0.25) is 5.32 Å². The zero-order valence-electron chi connectivity index (χ0n) is 8.83. The number of halogens is 1. The van der Waals surface area contributed by atoms with Crippen molar-refractivity contribution in [3.63, 3.8) is 0 Å². The minimum atomic E-state index is -0.973. The fourth-order valence-electron chi connectivity index (χ4n) is 1.73. The van der Waals surface area contributed by atoms with Gasteiger partial charge in [0.05, 0.1) is 0 Å². The normalized spacial score (nSPS) is 19.9. The molecule has 1 fully saturated rings. The molecule has 1 atom stereocenters. The average molecular weight is 226 g/mol. The van der Waals surface area contributed by atoms with E-state index in [0.29, 0.717) is 17.5 Å². The summed E-state index contributed by atoms with van der Waals surface area (Å²) in [6, 6.07) is 7.91. The first kappa shape index (κ1) is 10.9. The summed E-state index contributed by atoms with van der Waals surface area (Å²) in [6.07, 6.45) is 2.91. The van der Waals surface area contributed by atoms with E-state index in [1.54, 1.807) is 0 Å². The molecule has 1 aromatic rings. The maximum Gasteiger partial charge on any atom is 0.143 e. The molecule has 3 heteroatoms. The van der Waals surface area contributed by atoms with Crippen molar-refractivity contribution in [1.29, 1.82) is 0 Å². The van der Waals surface area contributed by atoms with Crippen LogP contribution in [0, 0.1) is 0 Å². The predicted molar refractivity (Wildman–Crippen MR) is 61.8 cm³/mol. The zero-order chi connectivity index (χ0) is 10.9. The highest BCUT2D eigenvalue weighted by Gasteiger charge is 2.35. The Hall–Kier alpha value is -0.570. The molecule has 0 spiro atoms. The Bertz CT molecular complexity index is 351. The van der Waals surface area contributed by atoms with E-state index in [9.17, 15) is 5.11 Å². The maximum absolute atomic E-state index is 10.5. The molecule has 0 radical (unpaired) electrons. The van der Waals surface area contributed by atoms with Crippen molar-refractivity contribution >= 4 is 11.6 Å². The SMILES string of the molecule is CC[C@](O)(NC1CC1)c1ccccc1Cl. The highest BCUT2D eigenvalue weighted by atomic mass is 35.5. The van der Waals surface area contributed by atoms with Crippen molar-refractivity contribution in [2.45, 2.75) is 38.0 Å². The molecule has 1 aromatic carbocycles. The molecule has 1 saturated carbocycles. The van der Waals surface area contributed by atoms with Crippen molar-refractivity contribution in [2.24, 2.45) is 0 Å². The third kappa shape index (κ3) is 2.33. The molecule has 1 aliphatic rings. The predicted octanol–water partition coefficient (Wildman–Crippen LogP) is 2.65. The molecule has 15 heavy (non-hydrogen) atoms. The largest absolute Gasteiger partial charge is 0.372 e. The minimum Gasteiger partial charge on any atom is -0.372 e. The topological polar surface area (TPSA) is 32.3 Å². The molecule has 0 saturated heterocycles. The molecule has 2 N–H and O–H groups in total. The van der Waals surface area contributed by atoms with Gasteiger partial charge >= 0.3 is 0 Å². The molecule has 0 heterocycles. The Morgan fingerprint density at radius 1 is 1.47 bits per heavy atom. The third-order valence-corrected chi connectivity index (χ3v) is 3.18. The number of benzene rings is 1. The lowest BCUT2D eigenvalue weighted by atomic mass is 10.00. The molecule has 2 nitrogen and oxygen atoms in total. The van der Waals surface area contributed by atoms with Crippen LogP contribution in [-0.4, -0.2) is 11.1 Å². The second-order valence-corrected chi connectivity index (χ2v) is 4.52. The standard InChI is InChI=1S/C12H16ClNO/c1-2-12(15,14-9-7-8-9)10-5-3-4-6-11(10)13/h3-6,9,14-15H,2,7-8H2,1H3/t12-/m1/s1. The minimum absolute atomic E-state index is 0.450. The van der Waals surface area contributed by atoms with Gasteiger partial charge in [-0.25, -0.2) is 0 Å². The summed E-state index contributed by atoms with van der Waals surface area (Å²) in [4.78, 5) is 0. The first-order chi connectivity index (χ1) is 7.15. The quantitative estimate of drug-likeness (QED) is 0.773. The van der Waals surface area contributed by atoms with E-state index < -0.39 is 5.72 Å². The van der Waals surface area contributed by atoms with Gasteiger partial charge < -0.3 is 5.11 Å². The summed E-state index contributed by atoms with van der Waals surface area (Å²) in [5.74, 6) is 0. The van der Waals surface area contributed by atoms with Gasteiger partial charge in [-0.1, -0.05) is 36.7 Å². The third-order valence-electron chi connectivity index (χ3n) is 2.85. The summed E-state index contributed by atoms with van der Waals surface area (Å²) >= 11 is 6.09. The van der Waals surface area contributed by atoms with Gasteiger partial charge in [0.15, 0.2) is 0 Å². The number of aliphatic hydroxyl groups is 1. The molecule has 0 aromatic heterocycles. The summed E-state index contributed by atoms with van der Waals surface area (Å²) in [5.41, 5.74) is -0.194. The lowest BCUT2D eigenvalue weighted by Crippen LogP contribution is -2.43. The van der Waals surface area contributed by atoms with Crippen molar-refractivity contribution in [1.82, 2.24) is 5.32 Å². The van der Waals surface area contributed by atoms with Gasteiger partial charge in [0.25, 0.3) is 0 Å². The Morgan fingerprint density at radius 3 is 2.67 bits per heavy atom. The van der Waals surface area contributed by atoms with Crippen molar-refractivity contribution in [2.75, 3.05) is 0 Å². The average Bonchev–Trinajstić information content (AvgIpc) is 3.02. The summed E-state index contributed by atoms with van der Waals surface area (Å²) in [5, 5.41) is 14.4. The number of hydrogen-bond acceptors (Lipinski definition) is 2. The van der Waals surface area contributed by atoms with E-state index in [4.69, 9.17) is 11.6 Å². The van der Waals surface area contributed by atoms with Crippen LogP contribution in [-0.2, 0) is 5.72 Å². The number of hydrogen-bond donors (Lipinski definition) is 2. The van der Waals surface area contributed by atoms with Crippen LogP contribution in [0.25, 0.3) is 0 Å². The smallest absolute Gasteiger partial charge is 0.143 e. The summed E-state index contributed by atoms with van der Waals surface area (Å²) < 4.78 is 0. The highest BCUT2D eigenvalue weighted by molar-refractivity contribution is 6.31. The molecular formula is C12H16ClNO. The maximum atomic E-state index is 10.5. The fraction of sp³-hybridized carbons (Fsp3) is 0.500. The van der Waals surface area contributed by atoms with Crippen LogP contribution in [0.4, 0.5) is 0 Å². The van der Waals surface area contributed by atoms with E-state index in [1.807, 2.05) is 31.2 Å². The van der Waals surface area contributed by atoms with Crippen LogP contribution < -0.4 is 5.32 Å². The molecule has 0 aliphatic heterocycles. The molecule has 82 valence electrons. The lowest BCUT2D eigenvalue weighted by Gasteiger charge is -2.29. The summed E-state index contributed by atoms with van der Waals surface area (Å²) in [7, 11) is 0. The van der Waals surface area contributed by atoms with Crippen LogP contribution in [0.1, 0.15) is 31.7 Å².